The van der Waals surface area contributed by atoms with E-state index in [1.165, 1.54) is 11.3 Å². The van der Waals surface area contributed by atoms with Gasteiger partial charge in [0.25, 0.3) is 0 Å². The molecule has 1 aliphatic rings. The van der Waals surface area contributed by atoms with Gasteiger partial charge in [-0.1, -0.05) is 35.1 Å². The molecule has 2 aromatic carbocycles. The number of thiazole rings is 1. The average Bonchev–Trinajstić information content (AvgIpc) is 3.48. The van der Waals surface area contributed by atoms with Crippen LogP contribution in [0.15, 0.2) is 41.3 Å². The smallest absolute Gasteiger partial charge is 0.233 e. The first-order valence-corrected chi connectivity index (χ1v) is 13.8. The molecule has 1 aromatic heterocycles. The SMILES string of the molecule is COc1ccc(Cl)c2sc(N(CC3CCCO3)C(=O)Cc3ccc(S(=O)(=O)C(C)C)cc3)nc12. The summed E-state index contributed by atoms with van der Waals surface area (Å²) in [6.45, 7) is 4.36. The summed E-state index contributed by atoms with van der Waals surface area (Å²) in [5.74, 6) is 0.442. The zero-order valence-electron chi connectivity index (χ0n) is 19.3. The van der Waals surface area contributed by atoms with E-state index in [1.54, 1.807) is 62.3 Å². The van der Waals surface area contributed by atoms with Crippen LogP contribution < -0.4 is 9.64 Å². The third-order valence-electron chi connectivity index (χ3n) is 5.84. The van der Waals surface area contributed by atoms with Crippen LogP contribution in [0.5, 0.6) is 5.75 Å². The topological polar surface area (TPSA) is 85.8 Å². The molecule has 1 amide bonds. The first-order valence-electron chi connectivity index (χ1n) is 11.1. The number of nitrogens with zero attached hydrogens (tertiary/aromatic N) is 2. The second kappa shape index (κ2) is 10.2. The van der Waals surface area contributed by atoms with Gasteiger partial charge < -0.3 is 9.47 Å². The van der Waals surface area contributed by atoms with E-state index >= 15 is 0 Å². The molecule has 1 atom stereocenters. The number of anilines is 1. The maximum absolute atomic E-state index is 13.5. The molecule has 7 nitrogen and oxygen atoms in total. The molecule has 0 aliphatic carbocycles. The summed E-state index contributed by atoms with van der Waals surface area (Å²) >= 11 is 7.74. The van der Waals surface area contributed by atoms with Crippen LogP contribution in [0, 0.1) is 0 Å². The number of rotatable bonds is 8. The molecule has 2 heterocycles. The number of ether oxygens (including phenoxy) is 2. The molecule has 1 unspecified atom stereocenters. The number of hydrogen-bond donors (Lipinski definition) is 0. The summed E-state index contributed by atoms with van der Waals surface area (Å²) in [4.78, 5) is 20.1. The van der Waals surface area contributed by atoms with Gasteiger partial charge in [0.15, 0.2) is 15.0 Å². The van der Waals surface area contributed by atoms with Crippen LogP contribution in [0.4, 0.5) is 5.13 Å². The predicted molar refractivity (Wildman–Crippen MR) is 135 cm³/mol. The number of fused-ring (bicyclic) bond motifs is 1. The van der Waals surface area contributed by atoms with E-state index in [0.29, 0.717) is 34.6 Å². The number of methoxy groups -OCH3 is 1. The summed E-state index contributed by atoms with van der Waals surface area (Å²) < 4.78 is 36.8. The second-order valence-electron chi connectivity index (χ2n) is 8.48. The molecule has 0 bridgehead atoms. The zero-order chi connectivity index (χ0) is 24.5. The van der Waals surface area contributed by atoms with Gasteiger partial charge >= 0.3 is 0 Å². The van der Waals surface area contributed by atoms with Gasteiger partial charge in [0.2, 0.25) is 5.91 Å². The minimum atomic E-state index is -3.37. The number of sulfone groups is 1. The maximum Gasteiger partial charge on any atom is 0.233 e. The number of carbonyl (C=O) groups is 1. The Kier molecular flexibility index (Phi) is 7.47. The van der Waals surface area contributed by atoms with E-state index in [2.05, 4.69) is 0 Å². The Morgan fingerprint density at radius 3 is 2.62 bits per heavy atom. The Morgan fingerprint density at radius 1 is 1.26 bits per heavy atom. The Morgan fingerprint density at radius 2 is 2.00 bits per heavy atom. The van der Waals surface area contributed by atoms with Crippen LogP contribution in [0.1, 0.15) is 32.3 Å². The number of halogens is 1. The molecule has 10 heteroatoms. The van der Waals surface area contributed by atoms with Crippen molar-refractivity contribution in [1.82, 2.24) is 4.98 Å². The number of aromatic nitrogens is 1. The quantitative estimate of drug-likeness (QED) is 0.418. The highest BCUT2D eigenvalue weighted by Crippen LogP contribution is 2.39. The molecule has 182 valence electrons. The lowest BCUT2D eigenvalue weighted by Gasteiger charge is -2.23. The average molecular weight is 523 g/mol. The maximum atomic E-state index is 13.5. The number of carbonyl (C=O) groups excluding carboxylic acids is 1. The minimum absolute atomic E-state index is 0.0631. The molecule has 1 saturated heterocycles. The number of hydrogen-bond acceptors (Lipinski definition) is 7. The van der Waals surface area contributed by atoms with Crippen molar-refractivity contribution < 1.29 is 22.7 Å². The van der Waals surface area contributed by atoms with Crippen molar-refractivity contribution in [2.75, 3.05) is 25.2 Å². The Labute approximate surface area is 208 Å². The molecule has 34 heavy (non-hydrogen) atoms. The van der Waals surface area contributed by atoms with Gasteiger partial charge in [0, 0.05) is 6.61 Å². The first-order chi connectivity index (χ1) is 16.2. The van der Waals surface area contributed by atoms with E-state index in [0.717, 1.165) is 23.1 Å². The van der Waals surface area contributed by atoms with Crippen LogP contribution in [-0.2, 0) is 25.8 Å². The van der Waals surface area contributed by atoms with E-state index in [9.17, 15) is 13.2 Å². The third-order valence-corrected chi connectivity index (χ3v) is 9.55. The summed E-state index contributed by atoms with van der Waals surface area (Å²) in [5, 5.41) is 0.566. The van der Waals surface area contributed by atoms with E-state index in [4.69, 9.17) is 26.1 Å². The van der Waals surface area contributed by atoms with Crippen molar-refractivity contribution in [3.63, 3.8) is 0 Å². The van der Waals surface area contributed by atoms with Gasteiger partial charge in [-0.05, 0) is 56.5 Å². The van der Waals surface area contributed by atoms with Crippen molar-refractivity contribution in [2.24, 2.45) is 0 Å². The number of benzene rings is 2. The van der Waals surface area contributed by atoms with Gasteiger partial charge in [-0.25, -0.2) is 13.4 Å². The molecule has 1 fully saturated rings. The number of amides is 1. The lowest BCUT2D eigenvalue weighted by atomic mass is 10.1. The van der Waals surface area contributed by atoms with Crippen LogP contribution in [0.25, 0.3) is 10.2 Å². The van der Waals surface area contributed by atoms with Crippen molar-refractivity contribution in [3.05, 3.63) is 47.0 Å². The van der Waals surface area contributed by atoms with Crippen molar-refractivity contribution >= 4 is 54.0 Å². The summed E-state index contributed by atoms with van der Waals surface area (Å²) in [6, 6.07) is 10.0. The molecule has 3 aromatic rings. The summed E-state index contributed by atoms with van der Waals surface area (Å²) in [5.41, 5.74) is 1.34. The molecular formula is C24H27ClN2O5S2. The fourth-order valence-electron chi connectivity index (χ4n) is 3.84. The van der Waals surface area contributed by atoms with Crippen molar-refractivity contribution in [2.45, 2.75) is 49.4 Å². The van der Waals surface area contributed by atoms with E-state index < -0.39 is 15.1 Å². The van der Waals surface area contributed by atoms with Crippen molar-refractivity contribution in [3.8, 4) is 5.75 Å². The van der Waals surface area contributed by atoms with E-state index in [-0.39, 0.29) is 23.3 Å². The van der Waals surface area contributed by atoms with Crippen LogP contribution >= 0.6 is 22.9 Å². The van der Waals surface area contributed by atoms with Crippen LogP contribution in [-0.4, -0.2) is 50.9 Å². The largest absolute Gasteiger partial charge is 0.494 e. The normalized spacial score (nSPS) is 16.3. The Hall–Kier alpha value is -2.20. The van der Waals surface area contributed by atoms with Crippen molar-refractivity contribution in [1.29, 1.82) is 0 Å². The van der Waals surface area contributed by atoms with Gasteiger partial charge in [-0.2, -0.15) is 0 Å². The summed E-state index contributed by atoms with van der Waals surface area (Å²) in [7, 11) is -1.80. The Bertz CT molecular complexity index is 1280. The van der Waals surface area contributed by atoms with Crippen LogP contribution in [0.3, 0.4) is 0 Å². The fraction of sp³-hybridized carbons (Fsp3) is 0.417. The van der Waals surface area contributed by atoms with E-state index in [1.807, 2.05) is 0 Å². The molecule has 0 radical (unpaired) electrons. The van der Waals surface area contributed by atoms with Gasteiger partial charge in [-0.15, -0.1) is 0 Å². The monoisotopic (exact) mass is 522 g/mol. The third kappa shape index (κ3) is 5.07. The first kappa shape index (κ1) is 24.9. The molecule has 0 N–H and O–H groups in total. The van der Waals surface area contributed by atoms with Gasteiger partial charge in [0.05, 0.1) is 46.0 Å². The minimum Gasteiger partial charge on any atom is -0.494 e. The lowest BCUT2D eigenvalue weighted by Crippen LogP contribution is -2.38. The highest BCUT2D eigenvalue weighted by molar-refractivity contribution is 7.92. The summed E-state index contributed by atoms with van der Waals surface area (Å²) in [6.07, 6.45) is 1.88. The molecule has 0 saturated carbocycles. The van der Waals surface area contributed by atoms with Gasteiger partial charge in [-0.3, -0.25) is 9.69 Å². The lowest BCUT2D eigenvalue weighted by molar-refractivity contribution is -0.118. The highest BCUT2D eigenvalue weighted by atomic mass is 35.5. The van der Waals surface area contributed by atoms with Crippen LogP contribution in [0.2, 0.25) is 5.02 Å². The molecule has 0 spiro atoms. The standard InChI is InChI=1S/C24H27ClN2O5S2/c1-15(2)34(29,30)18-8-6-16(7-9-18)13-21(28)27(14-17-5-4-12-32-17)24-26-22-20(31-3)11-10-19(25)23(22)33-24/h6-11,15,17H,4-5,12-14H2,1-3H3. The zero-order valence-corrected chi connectivity index (χ0v) is 21.7. The molecular weight excluding hydrogens is 496 g/mol. The van der Waals surface area contributed by atoms with Gasteiger partial charge in [0.1, 0.15) is 11.3 Å². The molecule has 4 rings (SSSR count). The predicted octanol–water partition coefficient (Wildman–Crippen LogP) is 4.90. The fourth-order valence-corrected chi connectivity index (χ4v) is 6.18. The highest BCUT2D eigenvalue weighted by Gasteiger charge is 2.27. The molecule has 1 aliphatic heterocycles. The second-order valence-corrected chi connectivity index (χ2v) is 12.4. The Balaban J connectivity index is 1.63.